The van der Waals surface area contributed by atoms with Crippen molar-refractivity contribution >= 4 is 6.03 Å². The first-order valence-corrected chi connectivity index (χ1v) is 4.61. The SMILES string of the molecule is NC(=O)NCc1cccc(-n2cnnn2)c1. The molecule has 2 aromatic rings. The number of rotatable bonds is 3. The number of urea groups is 1. The summed E-state index contributed by atoms with van der Waals surface area (Å²) in [6, 6.07) is 6.92. The Morgan fingerprint density at radius 1 is 1.50 bits per heavy atom. The van der Waals surface area contributed by atoms with Crippen LogP contribution in [0.4, 0.5) is 4.79 Å². The van der Waals surface area contributed by atoms with Gasteiger partial charge in [-0.05, 0) is 28.1 Å². The number of benzene rings is 1. The number of carbonyl (C=O) groups excluding carboxylic acids is 1. The molecule has 1 heterocycles. The Morgan fingerprint density at radius 2 is 2.38 bits per heavy atom. The van der Waals surface area contributed by atoms with Crippen LogP contribution < -0.4 is 11.1 Å². The monoisotopic (exact) mass is 218 g/mol. The van der Waals surface area contributed by atoms with Gasteiger partial charge in [-0.15, -0.1) is 5.10 Å². The van der Waals surface area contributed by atoms with E-state index in [2.05, 4.69) is 20.8 Å². The van der Waals surface area contributed by atoms with Gasteiger partial charge in [-0.1, -0.05) is 12.1 Å². The molecule has 0 saturated heterocycles. The molecular weight excluding hydrogens is 208 g/mol. The van der Waals surface area contributed by atoms with Crippen molar-refractivity contribution in [3.05, 3.63) is 36.2 Å². The third-order valence-electron chi connectivity index (χ3n) is 1.99. The largest absolute Gasteiger partial charge is 0.352 e. The Kier molecular flexibility index (Phi) is 2.77. The van der Waals surface area contributed by atoms with E-state index in [9.17, 15) is 4.79 Å². The maximum absolute atomic E-state index is 10.6. The normalized spacial score (nSPS) is 10.0. The molecular formula is C9H10N6O. The van der Waals surface area contributed by atoms with Crippen LogP contribution >= 0.6 is 0 Å². The van der Waals surface area contributed by atoms with E-state index >= 15 is 0 Å². The van der Waals surface area contributed by atoms with Crippen LogP contribution in [0, 0.1) is 0 Å². The fraction of sp³-hybridized carbons (Fsp3) is 0.111. The average molecular weight is 218 g/mol. The van der Waals surface area contributed by atoms with Gasteiger partial charge < -0.3 is 11.1 Å². The molecule has 0 aliphatic heterocycles. The van der Waals surface area contributed by atoms with Crippen molar-refractivity contribution in [2.45, 2.75) is 6.54 Å². The molecule has 0 atom stereocenters. The smallest absolute Gasteiger partial charge is 0.312 e. The second-order valence-electron chi connectivity index (χ2n) is 3.14. The summed E-state index contributed by atoms with van der Waals surface area (Å²) in [6.07, 6.45) is 1.50. The Morgan fingerprint density at radius 3 is 3.06 bits per heavy atom. The van der Waals surface area contributed by atoms with E-state index in [1.54, 1.807) is 0 Å². The first-order valence-electron chi connectivity index (χ1n) is 4.61. The molecule has 7 nitrogen and oxygen atoms in total. The van der Waals surface area contributed by atoms with Gasteiger partial charge in [0, 0.05) is 6.54 Å². The molecule has 16 heavy (non-hydrogen) atoms. The van der Waals surface area contributed by atoms with E-state index in [4.69, 9.17) is 5.73 Å². The molecule has 0 radical (unpaired) electrons. The molecule has 0 aliphatic carbocycles. The lowest BCUT2D eigenvalue weighted by atomic mass is 10.2. The second kappa shape index (κ2) is 4.39. The maximum atomic E-state index is 10.6. The Balaban J connectivity index is 2.17. The molecule has 0 bridgehead atoms. The van der Waals surface area contributed by atoms with Crippen LogP contribution in [0.15, 0.2) is 30.6 Å². The summed E-state index contributed by atoms with van der Waals surface area (Å²) < 4.78 is 1.54. The van der Waals surface area contributed by atoms with Crippen molar-refractivity contribution in [1.82, 2.24) is 25.5 Å². The van der Waals surface area contributed by atoms with E-state index in [0.29, 0.717) is 6.54 Å². The van der Waals surface area contributed by atoms with Crippen LogP contribution in [0.3, 0.4) is 0 Å². The highest BCUT2D eigenvalue weighted by Gasteiger charge is 2.00. The van der Waals surface area contributed by atoms with Crippen LogP contribution in [0.1, 0.15) is 5.56 Å². The number of nitrogens with zero attached hydrogens (tertiary/aromatic N) is 4. The minimum absolute atomic E-state index is 0.380. The van der Waals surface area contributed by atoms with E-state index in [-0.39, 0.29) is 0 Å². The van der Waals surface area contributed by atoms with Gasteiger partial charge in [0.05, 0.1) is 5.69 Å². The highest BCUT2D eigenvalue weighted by molar-refractivity contribution is 5.71. The Bertz CT molecular complexity index is 481. The molecule has 3 N–H and O–H groups in total. The molecule has 0 aliphatic rings. The Hall–Kier alpha value is -2.44. The maximum Gasteiger partial charge on any atom is 0.312 e. The molecule has 2 amide bonds. The number of hydrogen-bond acceptors (Lipinski definition) is 4. The fourth-order valence-electron chi connectivity index (χ4n) is 1.28. The summed E-state index contributed by atoms with van der Waals surface area (Å²) in [5.41, 5.74) is 6.74. The zero-order valence-corrected chi connectivity index (χ0v) is 8.37. The second-order valence-corrected chi connectivity index (χ2v) is 3.14. The fourth-order valence-corrected chi connectivity index (χ4v) is 1.28. The third kappa shape index (κ3) is 2.32. The van der Waals surface area contributed by atoms with Crippen LogP contribution in [0.25, 0.3) is 5.69 Å². The average Bonchev–Trinajstić information content (AvgIpc) is 2.80. The predicted molar refractivity (Wildman–Crippen MR) is 55.6 cm³/mol. The first-order chi connectivity index (χ1) is 7.75. The quantitative estimate of drug-likeness (QED) is 0.747. The van der Waals surface area contributed by atoms with Gasteiger partial charge >= 0.3 is 6.03 Å². The summed E-state index contributed by atoms with van der Waals surface area (Å²) in [7, 11) is 0. The van der Waals surface area contributed by atoms with Crippen molar-refractivity contribution in [1.29, 1.82) is 0 Å². The van der Waals surface area contributed by atoms with Crippen LogP contribution in [0.5, 0.6) is 0 Å². The number of nitrogens with one attached hydrogen (secondary N) is 1. The molecule has 1 aromatic heterocycles. The number of primary amides is 1. The highest BCUT2D eigenvalue weighted by Crippen LogP contribution is 2.08. The number of amides is 2. The lowest BCUT2D eigenvalue weighted by Gasteiger charge is -2.04. The molecule has 0 unspecified atom stereocenters. The summed E-state index contributed by atoms with van der Waals surface area (Å²) in [6.45, 7) is 0.380. The van der Waals surface area contributed by atoms with Crippen molar-refractivity contribution in [2.75, 3.05) is 0 Å². The minimum Gasteiger partial charge on any atom is -0.352 e. The summed E-state index contributed by atoms with van der Waals surface area (Å²) in [4.78, 5) is 10.6. The molecule has 0 saturated carbocycles. The molecule has 0 spiro atoms. The number of tetrazole rings is 1. The van der Waals surface area contributed by atoms with Gasteiger partial charge in [-0.25, -0.2) is 9.48 Å². The van der Waals surface area contributed by atoms with E-state index in [0.717, 1.165) is 11.3 Å². The van der Waals surface area contributed by atoms with Crippen LogP contribution in [-0.2, 0) is 6.54 Å². The van der Waals surface area contributed by atoms with E-state index < -0.39 is 6.03 Å². The zero-order valence-electron chi connectivity index (χ0n) is 8.37. The minimum atomic E-state index is -0.548. The molecule has 7 heteroatoms. The first kappa shape index (κ1) is 10.1. The standard InChI is InChI=1S/C9H10N6O/c10-9(16)11-5-7-2-1-3-8(4-7)15-6-12-13-14-15/h1-4,6H,5H2,(H3,10,11,16). The molecule has 82 valence electrons. The summed E-state index contributed by atoms with van der Waals surface area (Å²) in [5, 5.41) is 13.4. The van der Waals surface area contributed by atoms with Crippen LogP contribution in [0.2, 0.25) is 0 Å². The third-order valence-corrected chi connectivity index (χ3v) is 1.99. The Labute approximate surface area is 91.3 Å². The van der Waals surface area contributed by atoms with Gasteiger partial charge in [-0.3, -0.25) is 0 Å². The topological polar surface area (TPSA) is 98.7 Å². The van der Waals surface area contributed by atoms with Gasteiger partial charge in [0.2, 0.25) is 0 Å². The lowest BCUT2D eigenvalue weighted by molar-refractivity contribution is 0.248. The lowest BCUT2D eigenvalue weighted by Crippen LogP contribution is -2.28. The number of aromatic nitrogens is 4. The molecule has 2 rings (SSSR count). The van der Waals surface area contributed by atoms with E-state index in [1.807, 2.05) is 24.3 Å². The number of hydrogen-bond donors (Lipinski definition) is 2. The van der Waals surface area contributed by atoms with Crippen LogP contribution in [-0.4, -0.2) is 26.2 Å². The molecule has 0 fully saturated rings. The summed E-state index contributed by atoms with van der Waals surface area (Å²) >= 11 is 0. The highest BCUT2D eigenvalue weighted by atomic mass is 16.2. The molecule has 1 aromatic carbocycles. The van der Waals surface area contributed by atoms with Crippen molar-refractivity contribution in [2.24, 2.45) is 5.73 Å². The zero-order chi connectivity index (χ0) is 11.4. The van der Waals surface area contributed by atoms with Crippen molar-refractivity contribution in [3.63, 3.8) is 0 Å². The summed E-state index contributed by atoms with van der Waals surface area (Å²) in [5.74, 6) is 0. The van der Waals surface area contributed by atoms with Crippen molar-refractivity contribution < 1.29 is 4.79 Å². The number of nitrogens with two attached hydrogens (primary N) is 1. The predicted octanol–water partition coefficient (Wildman–Crippen LogP) is -0.169. The van der Waals surface area contributed by atoms with Crippen molar-refractivity contribution in [3.8, 4) is 5.69 Å². The van der Waals surface area contributed by atoms with Gasteiger partial charge in [-0.2, -0.15) is 0 Å². The number of carbonyl (C=O) groups is 1. The van der Waals surface area contributed by atoms with E-state index in [1.165, 1.54) is 11.0 Å². The van der Waals surface area contributed by atoms with Gasteiger partial charge in [0.15, 0.2) is 0 Å². The van der Waals surface area contributed by atoms with Gasteiger partial charge in [0.25, 0.3) is 0 Å². The van der Waals surface area contributed by atoms with Gasteiger partial charge in [0.1, 0.15) is 6.33 Å².